The number of benzene rings is 2. The van der Waals surface area contributed by atoms with E-state index in [1.807, 2.05) is 54.6 Å². The van der Waals surface area contributed by atoms with Crippen LogP contribution in [0.5, 0.6) is 5.75 Å². The zero-order chi connectivity index (χ0) is 19.3. The van der Waals surface area contributed by atoms with Crippen LogP contribution in [0.3, 0.4) is 0 Å². The highest BCUT2D eigenvalue weighted by Gasteiger charge is 2.48. The van der Waals surface area contributed by atoms with Crippen molar-refractivity contribution in [2.24, 2.45) is 11.8 Å². The van der Waals surface area contributed by atoms with Crippen LogP contribution in [0.2, 0.25) is 0 Å². The van der Waals surface area contributed by atoms with Crippen LogP contribution in [0.15, 0.2) is 54.6 Å². The van der Waals surface area contributed by atoms with Crippen LogP contribution in [0.25, 0.3) is 0 Å². The van der Waals surface area contributed by atoms with E-state index in [0.717, 1.165) is 29.8 Å². The predicted octanol–water partition coefficient (Wildman–Crippen LogP) is 3.90. The van der Waals surface area contributed by atoms with Gasteiger partial charge in [0.15, 0.2) is 0 Å². The SMILES string of the molecule is O=C(Nc1ccc(OCc2ccccc2)cc1)C1CC1C(=O)NC1CCCC1. The Hall–Kier alpha value is -2.82. The summed E-state index contributed by atoms with van der Waals surface area (Å²) in [6, 6.07) is 17.6. The van der Waals surface area contributed by atoms with E-state index in [-0.39, 0.29) is 23.7 Å². The van der Waals surface area contributed by atoms with E-state index < -0.39 is 0 Å². The number of amides is 2. The van der Waals surface area contributed by atoms with Gasteiger partial charge in [0.1, 0.15) is 12.4 Å². The molecule has 0 bridgehead atoms. The largest absolute Gasteiger partial charge is 0.489 e. The van der Waals surface area contributed by atoms with Crippen molar-refractivity contribution in [3.05, 3.63) is 60.2 Å². The summed E-state index contributed by atoms with van der Waals surface area (Å²) >= 11 is 0. The summed E-state index contributed by atoms with van der Waals surface area (Å²) in [6.07, 6.45) is 5.14. The first-order valence-electron chi connectivity index (χ1n) is 10.1. The van der Waals surface area contributed by atoms with Gasteiger partial charge in [-0.05, 0) is 49.1 Å². The van der Waals surface area contributed by atoms with Gasteiger partial charge in [0, 0.05) is 11.7 Å². The first kappa shape index (κ1) is 18.5. The Morgan fingerprint density at radius 1 is 0.893 bits per heavy atom. The monoisotopic (exact) mass is 378 g/mol. The molecule has 2 fully saturated rings. The number of ether oxygens (including phenoxy) is 1. The molecule has 2 amide bonds. The Balaban J connectivity index is 1.23. The van der Waals surface area contributed by atoms with Crippen LogP contribution < -0.4 is 15.4 Å². The van der Waals surface area contributed by atoms with Crippen LogP contribution >= 0.6 is 0 Å². The molecular weight excluding hydrogens is 352 g/mol. The maximum absolute atomic E-state index is 12.4. The third-order valence-electron chi connectivity index (χ3n) is 5.54. The first-order valence-corrected chi connectivity index (χ1v) is 10.1. The summed E-state index contributed by atoms with van der Waals surface area (Å²) in [6.45, 7) is 0.506. The minimum absolute atomic E-state index is 0.0386. The van der Waals surface area contributed by atoms with Crippen molar-refractivity contribution in [3.8, 4) is 5.75 Å². The second-order valence-electron chi connectivity index (χ2n) is 7.73. The zero-order valence-corrected chi connectivity index (χ0v) is 15.9. The maximum atomic E-state index is 12.4. The highest BCUT2D eigenvalue weighted by atomic mass is 16.5. The Morgan fingerprint density at radius 3 is 2.29 bits per heavy atom. The normalized spacial score (nSPS) is 21.1. The second-order valence-corrected chi connectivity index (χ2v) is 7.73. The van der Waals surface area contributed by atoms with Crippen LogP contribution in [-0.4, -0.2) is 17.9 Å². The zero-order valence-electron chi connectivity index (χ0n) is 15.9. The fraction of sp³-hybridized carbons (Fsp3) is 0.391. The van der Waals surface area contributed by atoms with Crippen molar-refractivity contribution in [1.82, 2.24) is 5.32 Å². The van der Waals surface area contributed by atoms with Gasteiger partial charge in [-0.25, -0.2) is 0 Å². The van der Waals surface area contributed by atoms with Crippen molar-refractivity contribution in [3.63, 3.8) is 0 Å². The highest BCUT2D eigenvalue weighted by molar-refractivity contribution is 5.99. The van der Waals surface area contributed by atoms with E-state index in [1.54, 1.807) is 0 Å². The molecule has 5 nitrogen and oxygen atoms in total. The Bertz CT molecular complexity index is 814. The molecule has 2 N–H and O–H groups in total. The fourth-order valence-electron chi connectivity index (χ4n) is 3.76. The topological polar surface area (TPSA) is 67.4 Å². The lowest BCUT2D eigenvalue weighted by molar-refractivity contribution is -0.125. The van der Waals surface area contributed by atoms with Gasteiger partial charge in [-0.1, -0.05) is 43.2 Å². The minimum atomic E-state index is -0.213. The number of anilines is 1. The molecule has 2 atom stereocenters. The highest BCUT2D eigenvalue weighted by Crippen LogP contribution is 2.40. The van der Waals surface area contributed by atoms with Crippen LogP contribution in [0.4, 0.5) is 5.69 Å². The quantitative estimate of drug-likeness (QED) is 0.768. The summed E-state index contributed by atoms with van der Waals surface area (Å²) in [4.78, 5) is 24.7. The summed E-state index contributed by atoms with van der Waals surface area (Å²) in [7, 11) is 0. The summed E-state index contributed by atoms with van der Waals surface area (Å²) in [5.74, 6) is 0.327. The van der Waals surface area contributed by atoms with E-state index in [9.17, 15) is 9.59 Å². The van der Waals surface area contributed by atoms with E-state index in [1.165, 1.54) is 12.8 Å². The van der Waals surface area contributed by atoms with Crippen molar-refractivity contribution in [2.75, 3.05) is 5.32 Å². The number of carbonyl (C=O) groups excluding carboxylic acids is 2. The average molecular weight is 378 g/mol. The second kappa shape index (κ2) is 8.46. The van der Waals surface area contributed by atoms with Gasteiger partial charge in [0.25, 0.3) is 0 Å². The Labute approximate surface area is 165 Å². The summed E-state index contributed by atoms with van der Waals surface area (Å²) in [5.41, 5.74) is 1.83. The Kier molecular flexibility index (Phi) is 5.60. The molecule has 146 valence electrons. The molecule has 4 rings (SSSR count). The van der Waals surface area contributed by atoms with Crippen molar-refractivity contribution in [1.29, 1.82) is 0 Å². The predicted molar refractivity (Wildman–Crippen MR) is 108 cm³/mol. The number of nitrogens with one attached hydrogen (secondary N) is 2. The number of carbonyl (C=O) groups is 2. The standard InChI is InChI=1S/C23H26N2O3/c26-22(24-17-8-4-5-9-17)20-14-21(20)23(27)25-18-10-12-19(13-11-18)28-15-16-6-2-1-3-7-16/h1-3,6-7,10-13,17,20-21H,4-5,8-9,14-15H2,(H,24,26)(H,25,27). The maximum Gasteiger partial charge on any atom is 0.228 e. The van der Waals surface area contributed by atoms with Gasteiger partial charge in [-0.15, -0.1) is 0 Å². The molecule has 0 aliphatic heterocycles. The van der Waals surface area contributed by atoms with Gasteiger partial charge in [-0.3, -0.25) is 9.59 Å². The molecule has 28 heavy (non-hydrogen) atoms. The summed E-state index contributed by atoms with van der Waals surface area (Å²) < 4.78 is 5.76. The molecule has 0 radical (unpaired) electrons. The van der Waals surface area contributed by atoms with Gasteiger partial charge >= 0.3 is 0 Å². The van der Waals surface area contributed by atoms with Gasteiger partial charge < -0.3 is 15.4 Å². The molecule has 2 aliphatic carbocycles. The molecule has 0 saturated heterocycles. The van der Waals surface area contributed by atoms with Gasteiger partial charge in [-0.2, -0.15) is 0 Å². The number of hydrogen-bond acceptors (Lipinski definition) is 3. The Morgan fingerprint density at radius 2 is 1.57 bits per heavy atom. The van der Waals surface area contributed by atoms with Crippen molar-refractivity contribution in [2.45, 2.75) is 44.8 Å². The lowest BCUT2D eigenvalue weighted by Gasteiger charge is -2.11. The lowest BCUT2D eigenvalue weighted by atomic mass is 10.2. The van der Waals surface area contributed by atoms with E-state index >= 15 is 0 Å². The molecular formula is C23H26N2O3. The van der Waals surface area contributed by atoms with Crippen molar-refractivity contribution >= 4 is 17.5 Å². The van der Waals surface area contributed by atoms with Gasteiger partial charge in [0.05, 0.1) is 11.8 Å². The van der Waals surface area contributed by atoms with Gasteiger partial charge in [0.2, 0.25) is 11.8 Å². The molecule has 2 aromatic rings. The van der Waals surface area contributed by atoms with Crippen LogP contribution in [0.1, 0.15) is 37.7 Å². The molecule has 2 aromatic carbocycles. The number of rotatable bonds is 7. The minimum Gasteiger partial charge on any atom is -0.489 e. The lowest BCUT2D eigenvalue weighted by Crippen LogP contribution is -2.34. The third-order valence-corrected chi connectivity index (χ3v) is 5.54. The van der Waals surface area contributed by atoms with E-state index in [2.05, 4.69) is 10.6 Å². The molecule has 0 heterocycles. The third kappa shape index (κ3) is 4.71. The molecule has 2 saturated carbocycles. The molecule has 2 aliphatic rings. The fourth-order valence-corrected chi connectivity index (χ4v) is 3.76. The van der Waals surface area contributed by atoms with Crippen LogP contribution in [-0.2, 0) is 16.2 Å². The van der Waals surface area contributed by atoms with Crippen molar-refractivity contribution < 1.29 is 14.3 Å². The molecule has 2 unspecified atom stereocenters. The van der Waals surface area contributed by atoms with E-state index in [4.69, 9.17) is 4.74 Å². The summed E-state index contributed by atoms with van der Waals surface area (Å²) in [5, 5.41) is 6.00. The molecule has 5 heteroatoms. The van der Waals surface area contributed by atoms with E-state index in [0.29, 0.717) is 19.1 Å². The first-order chi connectivity index (χ1) is 13.7. The average Bonchev–Trinajstić information content (AvgIpc) is 3.38. The van der Waals surface area contributed by atoms with Crippen LogP contribution in [0, 0.1) is 11.8 Å². The smallest absolute Gasteiger partial charge is 0.228 e. The molecule has 0 spiro atoms. The number of hydrogen-bond donors (Lipinski definition) is 2. The molecule has 0 aromatic heterocycles.